The lowest BCUT2D eigenvalue weighted by Gasteiger charge is -2.37. The minimum Gasteiger partial charge on any atom is -0.307 e. The minimum atomic E-state index is 0.406. The fraction of sp³-hybridized carbons (Fsp3) is 0.688. The van der Waals surface area contributed by atoms with E-state index in [1.807, 2.05) is 18.5 Å². The van der Waals surface area contributed by atoms with Gasteiger partial charge in [0.2, 0.25) is 0 Å². The Morgan fingerprint density at radius 3 is 2.67 bits per heavy atom. The highest BCUT2D eigenvalue weighted by molar-refractivity contribution is 5.13. The third-order valence-corrected chi connectivity index (χ3v) is 4.32. The lowest BCUT2D eigenvalue weighted by atomic mass is 9.77. The summed E-state index contributed by atoms with van der Waals surface area (Å²) >= 11 is 0. The maximum Gasteiger partial charge on any atom is 0.0315 e. The maximum absolute atomic E-state index is 4.21. The number of hydrogen-bond acceptors (Lipinski definition) is 2. The Hall–Kier alpha value is -0.890. The van der Waals surface area contributed by atoms with Gasteiger partial charge in [-0.15, -0.1) is 0 Å². The molecule has 3 atom stereocenters. The van der Waals surface area contributed by atoms with Crippen molar-refractivity contribution in [1.82, 2.24) is 10.3 Å². The van der Waals surface area contributed by atoms with Crippen LogP contribution < -0.4 is 5.32 Å². The zero-order chi connectivity index (χ0) is 13.0. The number of hydrogen-bond donors (Lipinski definition) is 1. The minimum absolute atomic E-state index is 0.406. The molecule has 1 fully saturated rings. The smallest absolute Gasteiger partial charge is 0.0315 e. The highest BCUT2D eigenvalue weighted by Gasteiger charge is 2.28. The highest BCUT2D eigenvalue weighted by atomic mass is 15.0. The van der Waals surface area contributed by atoms with Gasteiger partial charge in [-0.25, -0.2) is 0 Å². The van der Waals surface area contributed by atoms with Crippen molar-refractivity contribution in [2.75, 3.05) is 0 Å². The molecule has 1 aromatic heterocycles. The normalized spacial score (nSPS) is 26.2. The first kappa shape index (κ1) is 13.5. The Kier molecular flexibility index (Phi) is 4.76. The monoisotopic (exact) mass is 246 g/mol. The number of nitrogens with one attached hydrogen (secondary N) is 1. The van der Waals surface area contributed by atoms with Gasteiger partial charge in [-0.3, -0.25) is 4.98 Å². The van der Waals surface area contributed by atoms with Crippen LogP contribution in [-0.4, -0.2) is 11.0 Å². The molecular formula is C16H26N2. The molecule has 0 aromatic carbocycles. The summed E-state index contributed by atoms with van der Waals surface area (Å²) in [6.07, 6.45) is 9.31. The molecule has 1 saturated carbocycles. The summed E-state index contributed by atoms with van der Waals surface area (Å²) < 4.78 is 0. The molecule has 1 aliphatic carbocycles. The number of rotatable bonds is 4. The number of nitrogens with zero attached hydrogens (tertiary/aromatic N) is 1. The molecule has 1 aromatic rings. The van der Waals surface area contributed by atoms with E-state index >= 15 is 0 Å². The Balaban J connectivity index is 1.99. The van der Waals surface area contributed by atoms with Gasteiger partial charge in [0, 0.05) is 24.5 Å². The van der Waals surface area contributed by atoms with E-state index in [1.165, 1.54) is 31.2 Å². The molecule has 0 amide bonds. The molecule has 3 unspecified atom stereocenters. The van der Waals surface area contributed by atoms with Crippen LogP contribution >= 0.6 is 0 Å². The first-order valence-corrected chi connectivity index (χ1v) is 7.34. The zero-order valence-electron chi connectivity index (χ0n) is 11.9. The van der Waals surface area contributed by atoms with Crippen molar-refractivity contribution in [2.45, 2.75) is 58.5 Å². The second-order valence-corrected chi connectivity index (χ2v) is 5.97. The quantitative estimate of drug-likeness (QED) is 0.870. The van der Waals surface area contributed by atoms with Gasteiger partial charge in [-0.05, 0) is 43.2 Å². The Morgan fingerprint density at radius 2 is 2.00 bits per heavy atom. The molecule has 0 radical (unpaired) electrons. The molecule has 18 heavy (non-hydrogen) atoms. The highest BCUT2D eigenvalue weighted by Crippen LogP contribution is 2.31. The van der Waals surface area contributed by atoms with Crippen molar-refractivity contribution in [3.8, 4) is 0 Å². The molecule has 100 valence electrons. The van der Waals surface area contributed by atoms with Gasteiger partial charge >= 0.3 is 0 Å². The lowest BCUT2D eigenvalue weighted by Crippen LogP contribution is -2.42. The molecule has 1 aliphatic rings. The third-order valence-electron chi connectivity index (χ3n) is 4.32. The van der Waals surface area contributed by atoms with E-state index in [0.717, 1.165) is 11.8 Å². The van der Waals surface area contributed by atoms with E-state index in [1.54, 1.807) is 0 Å². The summed E-state index contributed by atoms with van der Waals surface area (Å²) in [7, 11) is 0. The Morgan fingerprint density at radius 1 is 1.22 bits per heavy atom. The molecule has 0 spiro atoms. The average Bonchev–Trinajstić information content (AvgIpc) is 2.40. The van der Waals surface area contributed by atoms with E-state index in [9.17, 15) is 0 Å². The van der Waals surface area contributed by atoms with Crippen molar-refractivity contribution >= 4 is 0 Å². The van der Waals surface area contributed by atoms with E-state index in [2.05, 4.69) is 37.1 Å². The van der Waals surface area contributed by atoms with Crippen LogP contribution in [0.3, 0.4) is 0 Å². The van der Waals surface area contributed by atoms with Crippen LogP contribution in [0.5, 0.6) is 0 Å². The van der Waals surface area contributed by atoms with Crippen molar-refractivity contribution in [3.63, 3.8) is 0 Å². The molecule has 0 aliphatic heterocycles. The second-order valence-electron chi connectivity index (χ2n) is 5.97. The summed E-state index contributed by atoms with van der Waals surface area (Å²) in [5, 5.41) is 3.83. The lowest BCUT2D eigenvalue weighted by molar-refractivity contribution is 0.195. The van der Waals surface area contributed by atoms with Crippen LogP contribution in [0.1, 0.15) is 58.1 Å². The van der Waals surface area contributed by atoms with Crippen LogP contribution in [0.15, 0.2) is 24.5 Å². The van der Waals surface area contributed by atoms with Gasteiger partial charge in [0.25, 0.3) is 0 Å². The van der Waals surface area contributed by atoms with Crippen LogP contribution in [-0.2, 0) is 0 Å². The van der Waals surface area contributed by atoms with E-state index in [0.29, 0.717) is 12.1 Å². The Bertz CT molecular complexity index is 347. The summed E-state index contributed by atoms with van der Waals surface area (Å²) in [4.78, 5) is 4.21. The third kappa shape index (κ3) is 3.32. The average molecular weight is 246 g/mol. The van der Waals surface area contributed by atoms with Crippen LogP contribution in [0.4, 0.5) is 0 Å². The van der Waals surface area contributed by atoms with Crippen molar-refractivity contribution in [3.05, 3.63) is 30.1 Å². The second kappa shape index (κ2) is 6.33. The molecule has 0 saturated heterocycles. The van der Waals surface area contributed by atoms with Crippen molar-refractivity contribution in [2.24, 2.45) is 11.8 Å². The molecule has 2 nitrogen and oxygen atoms in total. The molecule has 2 rings (SSSR count). The largest absolute Gasteiger partial charge is 0.307 e. The van der Waals surface area contributed by atoms with E-state index in [-0.39, 0.29) is 0 Å². The van der Waals surface area contributed by atoms with Gasteiger partial charge in [0.05, 0.1) is 0 Å². The van der Waals surface area contributed by atoms with Crippen LogP contribution in [0.25, 0.3) is 0 Å². The summed E-state index contributed by atoms with van der Waals surface area (Å²) in [6, 6.07) is 5.27. The first-order chi connectivity index (χ1) is 8.68. The molecular weight excluding hydrogens is 220 g/mol. The SMILES string of the molecule is CC(NC1CCCCC1C(C)C)c1cccnc1. The van der Waals surface area contributed by atoms with E-state index in [4.69, 9.17) is 0 Å². The molecule has 1 N–H and O–H groups in total. The standard InChI is InChI=1S/C16H26N2/c1-12(2)15-8-4-5-9-16(15)18-13(3)14-7-6-10-17-11-14/h6-7,10-13,15-16,18H,4-5,8-9H2,1-3H3. The van der Waals surface area contributed by atoms with Crippen molar-refractivity contribution in [1.29, 1.82) is 0 Å². The van der Waals surface area contributed by atoms with Crippen LogP contribution in [0, 0.1) is 11.8 Å². The summed E-state index contributed by atoms with van der Waals surface area (Å²) in [5.74, 6) is 1.61. The van der Waals surface area contributed by atoms with Gasteiger partial charge in [0.1, 0.15) is 0 Å². The van der Waals surface area contributed by atoms with Crippen LogP contribution in [0.2, 0.25) is 0 Å². The fourth-order valence-corrected chi connectivity index (χ4v) is 3.21. The van der Waals surface area contributed by atoms with Gasteiger partial charge < -0.3 is 5.32 Å². The van der Waals surface area contributed by atoms with Gasteiger partial charge in [-0.1, -0.05) is 32.8 Å². The summed E-state index contributed by atoms with van der Waals surface area (Å²) in [6.45, 7) is 6.97. The Labute approximate surface area is 111 Å². The predicted molar refractivity (Wildman–Crippen MR) is 76.4 cm³/mol. The van der Waals surface area contributed by atoms with Gasteiger partial charge in [0.15, 0.2) is 0 Å². The molecule has 2 heteroatoms. The molecule has 1 heterocycles. The van der Waals surface area contributed by atoms with Crippen molar-refractivity contribution < 1.29 is 0 Å². The predicted octanol–water partition coefficient (Wildman–Crippen LogP) is 3.95. The van der Waals surface area contributed by atoms with Gasteiger partial charge in [-0.2, -0.15) is 0 Å². The van der Waals surface area contributed by atoms with E-state index < -0.39 is 0 Å². The number of aromatic nitrogens is 1. The zero-order valence-corrected chi connectivity index (χ0v) is 11.9. The topological polar surface area (TPSA) is 24.9 Å². The first-order valence-electron chi connectivity index (χ1n) is 7.34. The number of pyridine rings is 1. The summed E-state index contributed by atoms with van der Waals surface area (Å²) in [5.41, 5.74) is 1.30. The molecule has 0 bridgehead atoms. The maximum atomic E-state index is 4.21. The fourth-order valence-electron chi connectivity index (χ4n) is 3.21.